The maximum atomic E-state index is 12.2. The summed E-state index contributed by atoms with van der Waals surface area (Å²) in [4.78, 5) is 27.4. The van der Waals surface area contributed by atoms with Gasteiger partial charge in [-0.1, -0.05) is 24.3 Å². The van der Waals surface area contributed by atoms with Crippen LogP contribution in [-0.4, -0.2) is 22.0 Å². The van der Waals surface area contributed by atoms with Gasteiger partial charge >= 0.3 is 5.97 Å². The molecule has 1 heterocycles. The summed E-state index contributed by atoms with van der Waals surface area (Å²) >= 11 is 0. The van der Waals surface area contributed by atoms with Crippen molar-refractivity contribution >= 4 is 11.9 Å². The van der Waals surface area contributed by atoms with E-state index in [9.17, 15) is 14.7 Å². The number of aromatic nitrogens is 1. The first kappa shape index (κ1) is 13.3. The van der Waals surface area contributed by atoms with Crippen LogP contribution in [0.25, 0.3) is 0 Å². The molecule has 3 rings (SSSR count). The van der Waals surface area contributed by atoms with Crippen LogP contribution in [0.1, 0.15) is 39.9 Å². The molecule has 5 nitrogen and oxygen atoms in total. The fourth-order valence-corrected chi connectivity index (χ4v) is 2.74. The maximum Gasteiger partial charge on any atom is 0.311 e. The van der Waals surface area contributed by atoms with Gasteiger partial charge in [0.25, 0.3) is 5.91 Å². The van der Waals surface area contributed by atoms with Gasteiger partial charge in [0, 0.05) is 12.4 Å². The minimum Gasteiger partial charge on any atom is -0.481 e. The summed E-state index contributed by atoms with van der Waals surface area (Å²) in [6, 6.07) is 10.4. The molecule has 5 heteroatoms. The first-order valence-corrected chi connectivity index (χ1v) is 6.69. The molecule has 1 aliphatic rings. The van der Waals surface area contributed by atoms with Crippen molar-refractivity contribution in [3.8, 4) is 0 Å². The summed E-state index contributed by atoms with van der Waals surface area (Å²) in [6.45, 7) is 0. The Hall–Kier alpha value is -2.69. The Morgan fingerprint density at radius 1 is 1.14 bits per heavy atom. The van der Waals surface area contributed by atoms with Crippen LogP contribution >= 0.6 is 0 Å². The van der Waals surface area contributed by atoms with E-state index in [0.717, 1.165) is 11.1 Å². The molecular weight excluding hydrogens is 268 g/mol. The largest absolute Gasteiger partial charge is 0.481 e. The van der Waals surface area contributed by atoms with Crippen LogP contribution in [0.15, 0.2) is 48.8 Å². The van der Waals surface area contributed by atoms with Crippen LogP contribution in [0.3, 0.4) is 0 Å². The summed E-state index contributed by atoms with van der Waals surface area (Å²) in [7, 11) is 0. The van der Waals surface area contributed by atoms with Crippen molar-refractivity contribution < 1.29 is 14.7 Å². The summed E-state index contributed by atoms with van der Waals surface area (Å²) in [5.41, 5.74) is 2.12. The molecule has 1 aromatic heterocycles. The molecule has 0 saturated heterocycles. The molecule has 21 heavy (non-hydrogen) atoms. The first-order chi connectivity index (χ1) is 10.2. The van der Waals surface area contributed by atoms with Crippen molar-refractivity contribution in [1.82, 2.24) is 10.3 Å². The van der Waals surface area contributed by atoms with Gasteiger partial charge in [-0.15, -0.1) is 0 Å². The Balaban J connectivity index is 1.84. The van der Waals surface area contributed by atoms with Crippen LogP contribution in [0.5, 0.6) is 0 Å². The highest BCUT2D eigenvalue weighted by Gasteiger charge is 2.35. The monoisotopic (exact) mass is 282 g/mol. The number of nitrogens with one attached hydrogen (secondary N) is 1. The van der Waals surface area contributed by atoms with E-state index in [0.29, 0.717) is 12.0 Å². The van der Waals surface area contributed by atoms with Gasteiger partial charge in [0.05, 0.1) is 17.5 Å². The Kier molecular flexibility index (Phi) is 3.39. The Morgan fingerprint density at radius 2 is 1.90 bits per heavy atom. The normalized spacial score (nSPS) is 19.8. The van der Waals surface area contributed by atoms with Crippen LogP contribution in [0.4, 0.5) is 0 Å². The fourth-order valence-electron chi connectivity index (χ4n) is 2.74. The van der Waals surface area contributed by atoms with E-state index in [2.05, 4.69) is 10.3 Å². The molecular formula is C16H14N2O3. The molecule has 2 N–H and O–H groups in total. The molecule has 0 unspecified atom stereocenters. The van der Waals surface area contributed by atoms with Crippen molar-refractivity contribution in [3.63, 3.8) is 0 Å². The molecule has 1 aliphatic carbocycles. The van der Waals surface area contributed by atoms with Gasteiger partial charge in [-0.25, -0.2) is 0 Å². The molecule has 0 fully saturated rings. The summed E-state index contributed by atoms with van der Waals surface area (Å²) in [5, 5.41) is 12.2. The van der Waals surface area contributed by atoms with Gasteiger partial charge in [-0.2, -0.15) is 0 Å². The van der Waals surface area contributed by atoms with E-state index in [4.69, 9.17) is 0 Å². The molecule has 2 atom stereocenters. The van der Waals surface area contributed by atoms with E-state index < -0.39 is 11.9 Å². The zero-order valence-corrected chi connectivity index (χ0v) is 11.2. The lowest BCUT2D eigenvalue weighted by molar-refractivity contribution is -0.138. The molecule has 0 bridgehead atoms. The van der Waals surface area contributed by atoms with E-state index in [1.807, 2.05) is 24.3 Å². The average Bonchev–Trinajstić information content (AvgIpc) is 2.87. The number of benzene rings is 1. The SMILES string of the molecule is O=C(N[C@H]1C[C@@H](C(=O)O)c2ccccc21)c1cccnc1. The third-order valence-corrected chi connectivity index (χ3v) is 3.75. The van der Waals surface area contributed by atoms with Crippen molar-refractivity contribution in [2.24, 2.45) is 0 Å². The number of carbonyl (C=O) groups is 2. The molecule has 0 aliphatic heterocycles. The van der Waals surface area contributed by atoms with Crippen molar-refractivity contribution in [3.05, 3.63) is 65.5 Å². The molecule has 0 spiro atoms. The zero-order valence-electron chi connectivity index (χ0n) is 11.2. The lowest BCUT2D eigenvalue weighted by Crippen LogP contribution is -2.27. The molecule has 2 aromatic rings. The standard InChI is InChI=1S/C16H14N2O3/c19-15(10-4-3-7-17-9-10)18-14-8-13(16(20)21)11-5-1-2-6-12(11)14/h1-7,9,13-14H,8H2,(H,18,19)(H,20,21)/t13-,14+/m1/s1. The van der Waals surface area contributed by atoms with Gasteiger partial charge in [-0.3, -0.25) is 14.6 Å². The minimum absolute atomic E-state index is 0.242. The summed E-state index contributed by atoms with van der Waals surface area (Å²) in [6.07, 6.45) is 3.47. The zero-order chi connectivity index (χ0) is 14.8. The number of carbonyl (C=O) groups excluding carboxylic acids is 1. The number of pyridine rings is 1. The van der Waals surface area contributed by atoms with Gasteiger partial charge in [0.1, 0.15) is 0 Å². The summed E-state index contributed by atoms with van der Waals surface area (Å²) < 4.78 is 0. The smallest absolute Gasteiger partial charge is 0.311 e. The van der Waals surface area contributed by atoms with E-state index in [1.165, 1.54) is 6.20 Å². The number of amides is 1. The van der Waals surface area contributed by atoms with Crippen LogP contribution in [0, 0.1) is 0 Å². The Labute approximate surface area is 121 Å². The summed E-state index contributed by atoms with van der Waals surface area (Å²) in [5.74, 6) is -1.67. The van der Waals surface area contributed by atoms with Crippen molar-refractivity contribution in [2.75, 3.05) is 0 Å². The average molecular weight is 282 g/mol. The van der Waals surface area contributed by atoms with Crippen LogP contribution < -0.4 is 5.32 Å². The second-order valence-corrected chi connectivity index (χ2v) is 5.02. The number of nitrogens with zero attached hydrogens (tertiary/aromatic N) is 1. The highest BCUT2D eigenvalue weighted by atomic mass is 16.4. The second-order valence-electron chi connectivity index (χ2n) is 5.02. The Bertz CT molecular complexity index is 685. The molecule has 106 valence electrons. The third kappa shape index (κ3) is 2.50. The fraction of sp³-hybridized carbons (Fsp3) is 0.188. The topological polar surface area (TPSA) is 79.3 Å². The lowest BCUT2D eigenvalue weighted by atomic mass is 10.0. The number of carboxylic acids is 1. The second kappa shape index (κ2) is 5.36. The first-order valence-electron chi connectivity index (χ1n) is 6.69. The van der Waals surface area contributed by atoms with Gasteiger partial charge in [0.2, 0.25) is 0 Å². The lowest BCUT2D eigenvalue weighted by Gasteiger charge is -2.14. The minimum atomic E-state index is -0.861. The van der Waals surface area contributed by atoms with Gasteiger partial charge in [-0.05, 0) is 29.7 Å². The number of hydrogen-bond donors (Lipinski definition) is 2. The Morgan fingerprint density at radius 3 is 2.57 bits per heavy atom. The maximum absolute atomic E-state index is 12.2. The van der Waals surface area contributed by atoms with E-state index in [-0.39, 0.29) is 11.9 Å². The number of carboxylic acid groups (broad SMARTS) is 1. The quantitative estimate of drug-likeness (QED) is 0.903. The van der Waals surface area contributed by atoms with Gasteiger partial charge < -0.3 is 10.4 Å². The van der Waals surface area contributed by atoms with Crippen molar-refractivity contribution in [1.29, 1.82) is 0 Å². The van der Waals surface area contributed by atoms with Crippen molar-refractivity contribution in [2.45, 2.75) is 18.4 Å². The molecule has 0 saturated carbocycles. The van der Waals surface area contributed by atoms with Gasteiger partial charge in [0.15, 0.2) is 0 Å². The predicted molar refractivity (Wildman–Crippen MR) is 75.9 cm³/mol. The molecule has 1 amide bonds. The van der Waals surface area contributed by atoms with E-state index in [1.54, 1.807) is 18.3 Å². The van der Waals surface area contributed by atoms with Crippen LogP contribution in [-0.2, 0) is 4.79 Å². The number of hydrogen-bond acceptors (Lipinski definition) is 3. The molecule has 1 aromatic carbocycles. The number of fused-ring (bicyclic) bond motifs is 1. The molecule has 0 radical (unpaired) electrons. The third-order valence-electron chi connectivity index (χ3n) is 3.75. The predicted octanol–water partition coefficient (Wildman–Crippen LogP) is 2.12. The highest BCUT2D eigenvalue weighted by Crippen LogP contribution is 2.40. The van der Waals surface area contributed by atoms with E-state index >= 15 is 0 Å². The number of aliphatic carboxylic acids is 1. The van der Waals surface area contributed by atoms with Crippen LogP contribution in [0.2, 0.25) is 0 Å². The number of rotatable bonds is 3. The highest BCUT2D eigenvalue weighted by molar-refractivity contribution is 5.94.